The van der Waals surface area contributed by atoms with Gasteiger partial charge in [0.1, 0.15) is 35.4 Å². The molecule has 3 aliphatic carbocycles. The minimum Gasteiger partial charge on any atom is -0.495 e. The molecule has 18 heteroatoms. The van der Waals surface area contributed by atoms with Crippen LogP contribution in [0.1, 0.15) is 119 Å². The molecular weight excluding hydrogens is 896 g/mol. The Morgan fingerprint density at radius 3 is 2.23 bits per heavy atom. The molecule has 4 heterocycles. The van der Waals surface area contributed by atoms with Gasteiger partial charge in [0.05, 0.1) is 35.1 Å². The molecule has 17 nitrogen and oxygen atoms in total. The molecule has 2 aliphatic heterocycles. The molecule has 1 saturated heterocycles. The Labute approximate surface area is 409 Å². The van der Waals surface area contributed by atoms with Gasteiger partial charge in [-0.1, -0.05) is 59.1 Å². The Morgan fingerprint density at radius 1 is 0.884 bits per heavy atom. The number of nitriles is 1. The van der Waals surface area contributed by atoms with Crippen molar-refractivity contribution in [2.24, 2.45) is 10.8 Å². The molecule has 5 aliphatic rings. The SMILES string of the molecule is CC[C@@H]1C(=O)N(C)c2cnc(Nc3ccc(C(=O)NC4CC(NC5CCN(c6ncc(C(=O)NC7C(C)(C)C(Oc8ccc(C#N)c(Cl)c8)C7(C)C)cn6)CC5)C4)cc3OC)nc2N1C1CCCC1. The van der Waals surface area contributed by atoms with Crippen LogP contribution in [0.3, 0.4) is 0 Å². The fourth-order valence-corrected chi connectivity index (χ4v) is 11.8. The van der Waals surface area contributed by atoms with Crippen LogP contribution in [-0.4, -0.2) is 107 Å². The summed E-state index contributed by atoms with van der Waals surface area (Å²) in [6, 6.07) is 13.0. The van der Waals surface area contributed by atoms with Crippen LogP contribution in [0.5, 0.6) is 11.5 Å². The summed E-state index contributed by atoms with van der Waals surface area (Å²) in [7, 11) is 3.36. The number of halogens is 1. The van der Waals surface area contributed by atoms with Gasteiger partial charge in [-0.2, -0.15) is 10.2 Å². The average Bonchev–Trinajstić information content (AvgIpc) is 3.87. The molecular formula is C51H63ClN12O5. The molecule has 69 heavy (non-hydrogen) atoms. The number of piperidine rings is 1. The molecule has 0 unspecified atom stereocenters. The summed E-state index contributed by atoms with van der Waals surface area (Å²) >= 11 is 6.26. The number of nitrogens with zero attached hydrogens (tertiary/aromatic N) is 8. The van der Waals surface area contributed by atoms with E-state index in [1.54, 1.807) is 68.0 Å². The largest absolute Gasteiger partial charge is 0.495 e. The van der Waals surface area contributed by atoms with E-state index in [9.17, 15) is 19.6 Å². The number of anilines is 5. The summed E-state index contributed by atoms with van der Waals surface area (Å²) in [5.74, 6) is 2.50. The van der Waals surface area contributed by atoms with Gasteiger partial charge in [0.15, 0.2) is 5.82 Å². The van der Waals surface area contributed by atoms with Crippen LogP contribution in [0.4, 0.5) is 29.1 Å². The van der Waals surface area contributed by atoms with Gasteiger partial charge in [-0.05, 0) is 75.3 Å². The Bertz CT molecular complexity index is 2600. The van der Waals surface area contributed by atoms with Gasteiger partial charge in [0, 0.05) is 85.2 Å². The highest BCUT2D eigenvalue weighted by molar-refractivity contribution is 6.31. The van der Waals surface area contributed by atoms with Crippen LogP contribution in [0.25, 0.3) is 0 Å². The standard InChI is InChI=1S/C51H63ClN12O5/c1-8-39-45(67)62(6)40-28-54-48(60-42(40)64(39)35-11-9-10-12-35)59-38-16-14-29(21-41(38)68-7)43(65)58-34-22-33(23-34)57-32-17-19-63(20-18-32)49-55-26-31(27-56-49)44(66)61-46-50(2,3)47(51(46,4)5)69-36-15-13-30(25-53)37(52)24-36/h13-16,21,24,26-28,32-35,39,46-47,57H,8-12,17-20,22-23H2,1-7H3,(H,58,65)(H,61,66)(H,54,59,60)/t33?,34?,39-,46?,47?/m1/s1. The first-order valence-corrected chi connectivity index (χ1v) is 24.7. The third-order valence-electron chi connectivity index (χ3n) is 15.2. The van der Waals surface area contributed by atoms with Gasteiger partial charge in [0.2, 0.25) is 17.8 Å². The second-order valence-corrected chi connectivity index (χ2v) is 20.9. The zero-order chi connectivity index (χ0) is 48.8. The van der Waals surface area contributed by atoms with Crippen LogP contribution in [-0.2, 0) is 4.79 Å². The quantitative estimate of drug-likeness (QED) is 0.0990. The summed E-state index contributed by atoms with van der Waals surface area (Å²) in [6.07, 6.45) is 13.3. The maximum absolute atomic E-state index is 13.5. The minimum atomic E-state index is -0.394. The number of likely N-dealkylation sites (N-methyl/N-ethyl adjacent to an activating group) is 1. The van der Waals surface area contributed by atoms with E-state index in [0.717, 1.165) is 70.3 Å². The van der Waals surface area contributed by atoms with E-state index in [1.165, 1.54) is 0 Å². The summed E-state index contributed by atoms with van der Waals surface area (Å²) in [6.45, 7) is 11.9. The number of hydrogen-bond acceptors (Lipinski definition) is 14. The average molecular weight is 960 g/mol. The number of fused-ring (bicyclic) bond motifs is 1. The van der Waals surface area contributed by atoms with Crippen LogP contribution < -0.4 is 45.4 Å². The lowest BCUT2D eigenvalue weighted by molar-refractivity contribution is -0.164. The molecule has 0 radical (unpaired) electrons. The first-order chi connectivity index (χ1) is 33.1. The van der Waals surface area contributed by atoms with Gasteiger partial charge in [-0.25, -0.2) is 15.0 Å². The van der Waals surface area contributed by atoms with E-state index in [-0.39, 0.29) is 48.0 Å². The highest BCUT2D eigenvalue weighted by Gasteiger charge is 2.64. The molecule has 4 fully saturated rings. The minimum absolute atomic E-state index is 0.0661. The molecule has 2 aromatic carbocycles. The fraction of sp³-hybridized carbons (Fsp3) is 0.529. The molecule has 2 aromatic heterocycles. The monoisotopic (exact) mass is 958 g/mol. The number of hydrogen-bond donors (Lipinski definition) is 4. The zero-order valence-corrected chi connectivity index (χ0v) is 41.3. The second kappa shape index (κ2) is 19.3. The molecule has 3 amide bonds. The Kier molecular flexibility index (Phi) is 13.3. The predicted octanol–water partition coefficient (Wildman–Crippen LogP) is 7.18. The van der Waals surface area contributed by atoms with Crippen LogP contribution in [0.15, 0.2) is 55.0 Å². The van der Waals surface area contributed by atoms with Crippen molar-refractivity contribution in [2.45, 2.75) is 135 Å². The molecule has 4 N–H and O–H groups in total. The Hall–Kier alpha value is -6.25. The zero-order valence-electron chi connectivity index (χ0n) is 40.5. The van der Waals surface area contributed by atoms with Gasteiger partial charge in [0.25, 0.3) is 11.8 Å². The highest BCUT2D eigenvalue weighted by atomic mass is 35.5. The number of benzene rings is 2. The smallest absolute Gasteiger partial charge is 0.254 e. The van der Waals surface area contributed by atoms with Gasteiger partial charge >= 0.3 is 0 Å². The number of rotatable bonds is 14. The molecule has 0 spiro atoms. The van der Waals surface area contributed by atoms with E-state index < -0.39 is 10.8 Å². The number of carbonyl (C=O) groups excluding carboxylic acids is 3. The van der Waals surface area contributed by atoms with Crippen molar-refractivity contribution in [2.75, 3.05) is 47.3 Å². The van der Waals surface area contributed by atoms with E-state index >= 15 is 0 Å². The first kappa shape index (κ1) is 47.8. The third-order valence-corrected chi connectivity index (χ3v) is 15.5. The number of carbonyl (C=O) groups is 3. The summed E-state index contributed by atoms with van der Waals surface area (Å²) in [4.78, 5) is 65.0. The highest BCUT2D eigenvalue weighted by Crippen LogP contribution is 2.55. The van der Waals surface area contributed by atoms with Crippen molar-refractivity contribution >= 4 is 58.4 Å². The first-order valence-electron chi connectivity index (χ1n) is 24.3. The maximum Gasteiger partial charge on any atom is 0.254 e. The van der Waals surface area contributed by atoms with E-state index in [0.29, 0.717) is 75.0 Å². The van der Waals surface area contributed by atoms with Crippen molar-refractivity contribution in [1.82, 2.24) is 35.9 Å². The topological polar surface area (TPSA) is 203 Å². The molecule has 3 saturated carbocycles. The fourth-order valence-electron chi connectivity index (χ4n) is 11.6. The molecule has 0 bridgehead atoms. The van der Waals surface area contributed by atoms with Gasteiger partial charge in [-0.3, -0.25) is 14.4 Å². The van der Waals surface area contributed by atoms with Gasteiger partial charge in [-0.15, -0.1) is 0 Å². The third kappa shape index (κ3) is 9.33. The Morgan fingerprint density at radius 2 is 1.58 bits per heavy atom. The van der Waals surface area contributed by atoms with Crippen molar-refractivity contribution < 1.29 is 23.9 Å². The van der Waals surface area contributed by atoms with E-state index in [1.807, 2.05) is 13.0 Å². The number of amides is 3. The summed E-state index contributed by atoms with van der Waals surface area (Å²) < 4.78 is 12.1. The summed E-state index contributed by atoms with van der Waals surface area (Å²) in [5, 5.41) is 23.1. The van der Waals surface area contributed by atoms with Gasteiger partial charge < -0.3 is 45.4 Å². The molecule has 1 atom stereocenters. The lowest BCUT2D eigenvalue weighted by atomic mass is 9.49. The van der Waals surface area contributed by atoms with Crippen molar-refractivity contribution in [3.63, 3.8) is 0 Å². The second-order valence-electron chi connectivity index (χ2n) is 20.4. The van der Waals surface area contributed by atoms with Crippen molar-refractivity contribution in [1.29, 1.82) is 5.26 Å². The van der Waals surface area contributed by atoms with E-state index in [4.69, 9.17) is 26.1 Å². The summed E-state index contributed by atoms with van der Waals surface area (Å²) in [5.41, 5.74) is 1.83. The van der Waals surface area contributed by atoms with Crippen molar-refractivity contribution in [3.8, 4) is 17.6 Å². The lowest BCUT2D eigenvalue weighted by Gasteiger charge is -2.63. The number of nitrogens with one attached hydrogen (secondary N) is 4. The normalized spacial score (nSPS) is 24.1. The van der Waals surface area contributed by atoms with Crippen LogP contribution in [0, 0.1) is 22.2 Å². The number of methoxy groups -OCH3 is 1. The van der Waals surface area contributed by atoms with E-state index in [2.05, 4.69) is 79.8 Å². The Balaban J connectivity index is 0.720. The van der Waals surface area contributed by atoms with Crippen LogP contribution >= 0.6 is 11.6 Å². The lowest BCUT2D eigenvalue weighted by Crippen LogP contribution is -2.74. The maximum atomic E-state index is 13.5. The van der Waals surface area contributed by atoms with Crippen LogP contribution in [0.2, 0.25) is 5.02 Å². The van der Waals surface area contributed by atoms with Crippen molar-refractivity contribution in [3.05, 3.63) is 76.7 Å². The molecule has 9 rings (SSSR count). The predicted molar refractivity (Wildman–Crippen MR) is 265 cm³/mol. The number of aromatic nitrogens is 4. The molecule has 364 valence electrons. The molecule has 4 aromatic rings. The number of ether oxygens (including phenoxy) is 2.